The standard InChI is InChI=1S/C24H25N5O2/c1-30-24-14-10-22(11-15-24)28-26-20-6-4-19(5-7-20)25-27-21-8-12-23(13-9-21)29-16-2-3-17-31-18-29/h4-15H,2-3,16-18H2,1H3. The van der Waals surface area contributed by atoms with Crippen molar-refractivity contribution in [3.63, 3.8) is 0 Å². The Kier molecular flexibility index (Phi) is 6.97. The van der Waals surface area contributed by atoms with Crippen LogP contribution in [0.2, 0.25) is 0 Å². The van der Waals surface area contributed by atoms with Gasteiger partial charge in [0, 0.05) is 18.8 Å². The van der Waals surface area contributed by atoms with Gasteiger partial charge in [-0.3, -0.25) is 0 Å². The van der Waals surface area contributed by atoms with Crippen molar-refractivity contribution in [1.82, 2.24) is 0 Å². The summed E-state index contributed by atoms with van der Waals surface area (Å²) in [5, 5.41) is 17.1. The number of azo groups is 2. The van der Waals surface area contributed by atoms with Crippen LogP contribution in [0.4, 0.5) is 28.4 Å². The molecule has 7 heteroatoms. The molecule has 3 aromatic carbocycles. The highest BCUT2D eigenvalue weighted by Gasteiger charge is 2.09. The molecule has 7 nitrogen and oxygen atoms in total. The molecule has 31 heavy (non-hydrogen) atoms. The molecule has 0 spiro atoms. The highest BCUT2D eigenvalue weighted by Crippen LogP contribution is 2.26. The SMILES string of the molecule is COc1ccc(N=Nc2ccc(N=Nc3ccc(N4CCCCOC4)cc3)cc2)cc1. The Bertz CT molecular complexity index is 1010. The number of hydrogen-bond acceptors (Lipinski definition) is 7. The van der Waals surface area contributed by atoms with Crippen LogP contribution in [0.5, 0.6) is 5.75 Å². The van der Waals surface area contributed by atoms with Crippen LogP contribution >= 0.6 is 0 Å². The van der Waals surface area contributed by atoms with E-state index in [9.17, 15) is 0 Å². The lowest BCUT2D eigenvalue weighted by atomic mass is 10.2. The fourth-order valence-corrected chi connectivity index (χ4v) is 3.15. The summed E-state index contributed by atoms with van der Waals surface area (Å²) in [7, 11) is 1.64. The van der Waals surface area contributed by atoms with Gasteiger partial charge in [-0.25, -0.2) is 0 Å². The molecule has 0 aromatic heterocycles. The molecular weight excluding hydrogens is 390 g/mol. The van der Waals surface area contributed by atoms with Gasteiger partial charge in [-0.2, -0.15) is 20.5 Å². The summed E-state index contributed by atoms with van der Waals surface area (Å²) in [5.74, 6) is 0.791. The van der Waals surface area contributed by atoms with E-state index < -0.39 is 0 Å². The molecule has 0 N–H and O–H groups in total. The van der Waals surface area contributed by atoms with Crippen molar-refractivity contribution in [2.24, 2.45) is 20.5 Å². The molecule has 1 fully saturated rings. The zero-order valence-corrected chi connectivity index (χ0v) is 17.5. The van der Waals surface area contributed by atoms with Crippen LogP contribution in [-0.2, 0) is 4.74 Å². The van der Waals surface area contributed by atoms with Crippen molar-refractivity contribution in [3.05, 3.63) is 72.8 Å². The summed E-state index contributed by atoms with van der Waals surface area (Å²) in [6.07, 6.45) is 2.27. The molecule has 1 aliphatic rings. The van der Waals surface area contributed by atoms with Gasteiger partial charge in [0.15, 0.2) is 0 Å². The molecule has 0 bridgehead atoms. The Morgan fingerprint density at radius 1 is 0.677 bits per heavy atom. The molecule has 4 rings (SSSR count). The van der Waals surface area contributed by atoms with Gasteiger partial charge in [0.1, 0.15) is 12.5 Å². The Balaban J connectivity index is 1.35. The summed E-state index contributed by atoms with van der Waals surface area (Å²) < 4.78 is 10.8. The van der Waals surface area contributed by atoms with Crippen molar-refractivity contribution in [2.75, 3.05) is 31.9 Å². The topological polar surface area (TPSA) is 71.1 Å². The van der Waals surface area contributed by atoms with E-state index in [0.29, 0.717) is 6.73 Å². The van der Waals surface area contributed by atoms with Crippen LogP contribution in [0.3, 0.4) is 0 Å². The maximum Gasteiger partial charge on any atom is 0.119 e. The minimum Gasteiger partial charge on any atom is -0.497 e. The Hall–Kier alpha value is -3.58. The van der Waals surface area contributed by atoms with E-state index >= 15 is 0 Å². The summed E-state index contributed by atoms with van der Waals surface area (Å²) in [6.45, 7) is 2.50. The van der Waals surface area contributed by atoms with Crippen molar-refractivity contribution in [1.29, 1.82) is 0 Å². The minimum absolute atomic E-state index is 0.642. The molecule has 0 amide bonds. The van der Waals surface area contributed by atoms with Gasteiger partial charge in [0.25, 0.3) is 0 Å². The average Bonchev–Trinajstić information content (AvgIpc) is 3.12. The van der Waals surface area contributed by atoms with Crippen molar-refractivity contribution >= 4 is 28.4 Å². The number of rotatable bonds is 6. The highest BCUT2D eigenvalue weighted by atomic mass is 16.5. The fourth-order valence-electron chi connectivity index (χ4n) is 3.15. The molecular formula is C24H25N5O2. The second-order valence-electron chi connectivity index (χ2n) is 7.14. The highest BCUT2D eigenvalue weighted by molar-refractivity contribution is 5.53. The van der Waals surface area contributed by atoms with Gasteiger partial charge in [-0.05, 0) is 85.6 Å². The largest absolute Gasteiger partial charge is 0.497 e. The van der Waals surface area contributed by atoms with Crippen LogP contribution in [0, 0.1) is 0 Å². The van der Waals surface area contributed by atoms with Crippen LogP contribution in [0.25, 0.3) is 0 Å². The molecule has 1 aliphatic heterocycles. The van der Waals surface area contributed by atoms with Gasteiger partial charge in [-0.15, -0.1) is 0 Å². The van der Waals surface area contributed by atoms with E-state index in [1.54, 1.807) is 7.11 Å². The molecule has 0 unspecified atom stereocenters. The molecule has 0 aliphatic carbocycles. The minimum atomic E-state index is 0.642. The molecule has 1 heterocycles. The van der Waals surface area contributed by atoms with Crippen molar-refractivity contribution in [2.45, 2.75) is 12.8 Å². The Morgan fingerprint density at radius 2 is 1.16 bits per heavy atom. The smallest absolute Gasteiger partial charge is 0.119 e. The molecule has 158 valence electrons. The number of benzene rings is 3. The third kappa shape index (κ3) is 5.96. The van der Waals surface area contributed by atoms with E-state index in [1.807, 2.05) is 60.7 Å². The monoisotopic (exact) mass is 415 g/mol. The van der Waals surface area contributed by atoms with E-state index in [1.165, 1.54) is 0 Å². The van der Waals surface area contributed by atoms with Gasteiger partial charge in [-0.1, -0.05) is 0 Å². The lowest BCUT2D eigenvalue weighted by molar-refractivity contribution is 0.146. The maximum atomic E-state index is 5.62. The summed E-state index contributed by atoms with van der Waals surface area (Å²) in [5.41, 5.74) is 4.22. The Morgan fingerprint density at radius 3 is 1.68 bits per heavy atom. The predicted molar refractivity (Wildman–Crippen MR) is 122 cm³/mol. The number of methoxy groups -OCH3 is 1. The summed E-state index contributed by atoms with van der Waals surface area (Å²) >= 11 is 0. The molecule has 0 atom stereocenters. The number of hydrogen-bond donors (Lipinski definition) is 0. The molecule has 3 aromatic rings. The second kappa shape index (κ2) is 10.4. The van der Waals surface area contributed by atoms with Gasteiger partial charge < -0.3 is 14.4 Å². The number of nitrogens with zero attached hydrogens (tertiary/aromatic N) is 5. The summed E-state index contributed by atoms with van der Waals surface area (Å²) in [6, 6.07) is 23.0. The number of anilines is 1. The zero-order chi connectivity index (χ0) is 21.3. The molecule has 0 saturated carbocycles. The van der Waals surface area contributed by atoms with E-state index in [-0.39, 0.29) is 0 Å². The first-order chi connectivity index (χ1) is 15.3. The molecule has 1 saturated heterocycles. The van der Waals surface area contributed by atoms with Crippen LogP contribution in [0.15, 0.2) is 93.3 Å². The first-order valence-electron chi connectivity index (χ1n) is 10.3. The van der Waals surface area contributed by atoms with Gasteiger partial charge in [0.05, 0.1) is 29.9 Å². The predicted octanol–water partition coefficient (Wildman–Crippen LogP) is 7.10. The van der Waals surface area contributed by atoms with Crippen LogP contribution < -0.4 is 9.64 Å². The normalized spacial score (nSPS) is 14.8. The van der Waals surface area contributed by atoms with Gasteiger partial charge >= 0.3 is 0 Å². The van der Waals surface area contributed by atoms with Gasteiger partial charge in [0.2, 0.25) is 0 Å². The zero-order valence-electron chi connectivity index (χ0n) is 17.5. The quantitative estimate of drug-likeness (QED) is 0.403. The first-order valence-corrected chi connectivity index (χ1v) is 10.3. The van der Waals surface area contributed by atoms with Crippen molar-refractivity contribution < 1.29 is 9.47 Å². The van der Waals surface area contributed by atoms with E-state index in [4.69, 9.17) is 9.47 Å². The lowest BCUT2D eigenvalue weighted by Gasteiger charge is -2.21. The van der Waals surface area contributed by atoms with E-state index in [2.05, 4.69) is 37.5 Å². The first kappa shape index (κ1) is 20.7. The lowest BCUT2D eigenvalue weighted by Crippen LogP contribution is -2.24. The molecule has 0 radical (unpaired) electrons. The van der Waals surface area contributed by atoms with Crippen LogP contribution in [-0.4, -0.2) is 27.0 Å². The average molecular weight is 415 g/mol. The van der Waals surface area contributed by atoms with Crippen molar-refractivity contribution in [3.8, 4) is 5.75 Å². The summed E-state index contributed by atoms with van der Waals surface area (Å²) in [4.78, 5) is 2.24. The maximum absolute atomic E-state index is 5.62. The third-order valence-electron chi connectivity index (χ3n) is 4.91. The fraction of sp³-hybridized carbons (Fsp3) is 0.250. The van der Waals surface area contributed by atoms with E-state index in [0.717, 1.165) is 60.2 Å². The number of ether oxygens (including phenoxy) is 2. The second-order valence-corrected chi connectivity index (χ2v) is 7.14. The third-order valence-corrected chi connectivity index (χ3v) is 4.91. The van der Waals surface area contributed by atoms with Crippen LogP contribution in [0.1, 0.15) is 12.8 Å². The Labute approximate surface area is 182 Å².